The molecule has 0 aliphatic carbocycles. The zero-order valence-corrected chi connectivity index (χ0v) is 12.6. The molecule has 0 bridgehead atoms. The van der Waals surface area contributed by atoms with Gasteiger partial charge in [0.2, 0.25) is 0 Å². The normalized spacial score (nSPS) is 11.3. The van der Waals surface area contributed by atoms with E-state index in [2.05, 4.69) is 15.4 Å². The van der Waals surface area contributed by atoms with Gasteiger partial charge in [-0.05, 0) is 26.0 Å². The Labute approximate surface area is 128 Å². The van der Waals surface area contributed by atoms with Crippen molar-refractivity contribution >= 4 is 32.6 Å². The van der Waals surface area contributed by atoms with Crippen molar-refractivity contribution < 1.29 is 13.6 Å². The van der Waals surface area contributed by atoms with Crippen molar-refractivity contribution in [2.45, 2.75) is 19.9 Å². The molecule has 22 heavy (non-hydrogen) atoms. The van der Waals surface area contributed by atoms with Gasteiger partial charge < -0.3 is 0 Å². The molecule has 0 atom stereocenters. The zero-order valence-electron chi connectivity index (χ0n) is 11.8. The number of carbonyl (C=O) groups excluding carboxylic acids is 1. The number of nitrogens with zero attached hydrogens (tertiary/aromatic N) is 3. The molecule has 114 valence electrons. The number of anilines is 1. The van der Waals surface area contributed by atoms with E-state index in [-0.39, 0.29) is 22.4 Å². The van der Waals surface area contributed by atoms with E-state index in [1.807, 2.05) is 13.8 Å². The third kappa shape index (κ3) is 2.69. The van der Waals surface area contributed by atoms with Crippen LogP contribution in [0.4, 0.5) is 13.9 Å². The third-order valence-electron chi connectivity index (χ3n) is 3.00. The number of thiazole rings is 1. The van der Waals surface area contributed by atoms with Crippen molar-refractivity contribution in [3.05, 3.63) is 41.7 Å². The van der Waals surface area contributed by atoms with Gasteiger partial charge >= 0.3 is 0 Å². The molecule has 5 nitrogen and oxygen atoms in total. The largest absolute Gasteiger partial charge is 0.296 e. The Morgan fingerprint density at radius 2 is 2.14 bits per heavy atom. The van der Waals surface area contributed by atoms with Crippen LogP contribution in [-0.4, -0.2) is 20.7 Å². The number of benzene rings is 1. The zero-order chi connectivity index (χ0) is 15.9. The van der Waals surface area contributed by atoms with Crippen molar-refractivity contribution in [2.75, 3.05) is 5.32 Å². The molecule has 2 aromatic heterocycles. The number of hydrogen-bond acceptors (Lipinski definition) is 4. The van der Waals surface area contributed by atoms with E-state index in [1.54, 1.807) is 16.9 Å². The van der Waals surface area contributed by atoms with Gasteiger partial charge in [-0.1, -0.05) is 11.3 Å². The summed E-state index contributed by atoms with van der Waals surface area (Å²) in [5.74, 6) is -1.88. The lowest BCUT2D eigenvalue weighted by Gasteiger charge is -2.03. The van der Waals surface area contributed by atoms with E-state index in [1.165, 1.54) is 6.07 Å². The summed E-state index contributed by atoms with van der Waals surface area (Å²) in [4.78, 5) is 16.1. The number of aromatic nitrogens is 3. The maximum Gasteiger partial charge on any atom is 0.277 e. The summed E-state index contributed by atoms with van der Waals surface area (Å²) in [6, 6.07) is 3.67. The van der Waals surface area contributed by atoms with Gasteiger partial charge in [0.1, 0.15) is 11.3 Å². The minimum Gasteiger partial charge on any atom is -0.296 e. The van der Waals surface area contributed by atoms with Crippen LogP contribution in [0.3, 0.4) is 0 Å². The number of hydrogen-bond donors (Lipinski definition) is 1. The Bertz CT molecular complexity index is 856. The van der Waals surface area contributed by atoms with Crippen LogP contribution in [0, 0.1) is 11.6 Å². The molecule has 8 heteroatoms. The molecule has 1 aromatic carbocycles. The van der Waals surface area contributed by atoms with Crippen LogP contribution >= 0.6 is 11.3 Å². The summed E-state index contributed by atoms with van der Waals surface area (Å²) in [7, 11) is 0. The Morgan fingerprint density at radius 3 is 2.82 bits per heavy atom. The van der Waals surface area contributed by atoms with Crippen LogP contribution in [0.1, 0.15) is 30.4 Å². The molecule has 0 radical (unpaired) electrons. The smallest absolute Gasteiger partial charge is 0.277 e. The first-order valence-electron chi connectivity index (χ1n) is 6.56. The Hall–Kier alpha value is -2.35. The van der Waals surface area contributed by atoms with Crippen molar-refractivity contribution in [3.8, 4) is 0 Å². The maximum atomic E-state index is 13.6. The van der Waals surface area contributed by atoms with Crippen molar-refractivity contribution in [1.82, 2.24) is 14.8 Å². The number of fused-ring (bicyclic) bond motifs is 1. The first-order chi connectivity index (χ1) is 10.4. The molecule has 0 aliphatic rings. The molecular formula is C14H12F2N4OS. The van der Waals surface area contributed by atoms with Crippen LogP contribution in [0.5, 0.6) is 0 Å². The standard InChI is InChI=1S/C14H12F2N4OS/c1-7(2)20-4-3-10(19-20)13(21)18-14-17-12-9(16)5-8(15)6-11(12)22-14/h3-7H,1-2H3,(H,17,18,21). The topological polar surface area (TPSA) is 59.8 Å². The number of halogens is 2. The second kappa shape index (κ2) is 5.45. The van der Waals surface area contributed by atoms with Crippen molar-refractivity contribution in [1.29, 1.82) is 0 Å². The van der Waals surface area contributed by atoms with Crippen LogP contribution in [0.15, 0.2) is 24.4 Å². The minimum atomic E-state index is -0.754. The third-order valence-corrected chi connectivity index (χ3v) is 3.92. The molecule has 2 heterocycles. The summed E-state index contributed by atoms with van der Waals surface area (Å²) in [6.07, 6.45) is 1.70. The highest BCUT2D eigenvalue weighted by atomic mass is 32.1. The summed E-state index contributed by atoms with van der Waals surface area (Å²) in [5.41, 5.74) is 0.272. The fourth-order valence-electron chi connectivity index (χ4n) is 1.92. The monoisotopic (exact) mass is 322 g/mol. The van der Waals surface area contributed by atoms with Gasteiger partial charge in [-0.25, -0.2) is 13.8 Å². The van der Waals surface area contributed by atoms with Crippen molar-refractivity contribution in [3.63, 3.8) is 0 Å². The molecule has 3 rings (SSSR count). The Morgan fingerprint density at radius 1 is 1.36 bits per heavy atom. The average molecular weight is 322 g/mol. The molecule has 0 unspecified atom stereocenters. The van der Waals surface area contributed by atoms with E-state index in [4.69, 9.17) is 0 Å². The van der Waals surface area contributed by atoms with E-state index in [9.17, 15) is 13.6 Å². The molecule has 0 saturated carbocycles. The van der Waals surface area contributed by atoms with Crippen LogP contribution in [-0.2, 0) is 0 Å². The van der Waals surface area contributed by atoms with E-state index in [0.29, 0.717) is 4.70 Å². The quantitative estimate of drug-likeness (QED) is 0.801. The lowest BCUT2D eigenvalue weighted by atomic mass is 10.3. The molecular weight excluding hydrogens is 310 g/mol. The fourth-order valence-corrected chi connectivity index (χ4v) is 2.82. The molecule has 3 aromatic rings. The van der Waals surface area contributed by atoms with E-state index in [0.717, 1.165) is 17.4 Å². The summed E-state index contributed by atoms with van der Waals surface area (Å²) in [6.45, 7) is 3.89. The molecule has 0 fully saturated rings. The Kier molecular flexibility index (Phi) is 3.61. The molecule has 1 N–H and O–H groups in total. The fraction of sp³-hybridized carbons (Fsp3) is 0.214. The second-order valence-corrected chi connectivity index (χ2v) is 6.01. The van der Waals surface area contributed by atoms with Gasteiger partial charge in [0.25, 0.3) is 5.91 Å². The van der Waals surface area contributed by atoms with Gasteiger partial charge in [0.05, 0.1) is 4.70 Å². The average Bonchev–Trinajstić information content (AvgIpc) is 3.04. The predicted octanol–water partition coefficient (Wildman–Crippen LogP) is 3.60. The van der Waals surface area contributed by atoms with Crippen LogP contribution in [0.25, 0.3) is 10.2 Å². The number of amides is 1. The van der Waals surface area contributed by atoms with Gasteiger partial charge in [-0.15, -0.1) is 0 Å². The van der Waals surface area contributed by atoms with E-state index < -0.39 is 17.5 Å². The maximum absolute atomic E-state index is 13.6. The number of rotatable bonds is 3. The molecule has 0 aliphatic heterocycles. The van der Waals surface area contributed by atoms with Gasteiger partial charge in [-0.3, -0.25) is 14.8 Å². The highest BCUT2D eigenvalue weighted by Gasteiger charge is 2.15. The van der Waals surface area contributed by atoms with E-state index >= 15 is 0 Å². The lowest BCUT2D eigenvalue weighted by Crippen LogP contribution is -2.13. The van der Waals surface area contributed by atoms with Gasteiger partial charge in [0, 0.05) is 18.3 Å². The highest BCUT2D eigenvalue weighted by Crippen LogP contribution is 2.28. The summed E-state index contributed by atoms with van der Waals surface area (Å²) >= 11 is 1.00. The summed E-state index contributed by atoms with van der Waals surface area (Å²) in [5, 5.41) is 6.89. The van der Waals surface area contributed by atoms with Crippen molar-refractivity contribution in [2.24, 2.45) is 0 Å². The van der Waals surface area contributed by atoms with Gasteiger partial charge in [-0.2, -0.15) is 5.10 Å². The first-order valence-corrected chi connectivity index (χ1v) is 7.38. The minimum absolute atomic E-state index is 0.0365. The molecule has 1 amide bonds. The highest BCUT2D eigenvalue weighted by molar-refractivity contribution is 7.22. The lowest BCUT2D eigenvalue weighted by molar-refractivity contribution is 0.102. The summed E-state index contributed by atoms with van der Waals surface area (Å²) < 4.78 is 28.7. The second-order valence-electron chi connectivity index (χ2n) is 4.98. The van der Waals surface area contributed by atoms with Crippen LogP contribution in [0.2, 0.25) is 0 Å². The number of nitrogens with one attached hydrogen (secondary N) is 1. The Balaban J connectivity index is 1.86. The molecule has 0 spiro atoms. The molecule has 0 saturated heterocycles. The SMILES string of the molecule is CC(C)n1ccc(C(=O)Nc2nc3c(F)cc(F)cc3s2)n1. The first kappa shape index (κ1) is 14.6. The van der Waals surface area contributed by atoms with Gasteiger partial charge in [0.15, 0.2) is 16.6 Å². The van der Waals surface area contributed by atoms with Crippen LogP contribution < -0.4 is 5.32 Å². The number of carbonyl (C=O) groups is 1. The predicted molar refractivity (Wildman–Crippen MR) is 80.1 cm³/mol.